The number of nitrogen functional groups attached to an aromatic ring is 1. The lowest BCUT2D eigenvalue weighted by Gasteiger charge is -2.04. The van der Waals surface area contributed by atoms with Gasteiger partial charge >= 0.3 is 5.97 Å². The van der Waals surface area contributed by atoms with Crippen molar-refractivity contribution in [3.8, 4) is 5.75 Å². The molecule has 0 aliphatic carbocycles. The quantitative estimate of drug-likeness (QED) is 0.561. The molecular formula is C10H11NO3. The van der Waals surface area contributed by atoms with Crippen LogP contribution in [0.4, 0.5) is 5.69 Å². The van der Waals surface area contributed by atoms with Crippen molar-refractivity contribution in [2.24, 2.45) is 0 Å². The molecule has 0 radical (unpaired) electrons. The van der Waals surface area contributed by atoms with E-state index >= 15 is 0 Å². The minimum absolute atomic E-state index is 0.528. The van der Waals surface area contributed by atoms with E-state index in [1.165, 1.54) is 13.2 Å². The average molecular weight is 193 g/mol. The largest absolute Gasteiger partial charge is 0.495 e. The van der Waals surface area contributed by atoms with Crippen molar-refractivity contribution in [2.75, 3.05) is 12.8 Å². The fourth-order valence-corrected chi connectivity index (χ4v) is 0.999. The lowest BCUT2D eigenvalue weighted by molar-refractivity contribution is -0.131. The summed E-state index contributed by atoms with van der Waals surface area (Å²) in [6, 6.07) is 5.06. The second kappa shape index (κ2) is 4.32. The molecule has 1 aromatic rings. The van der Waals surface area contributed by atoms with Crippen molar-refractivity contribution in [3.05, 3.63) is 29.8 Å². The highest BCUT2D eigenvalue weighted by Crippen LogP contribution is 2.22. The lowest BCUT2D eigenvalue weighted by Crippen LogP contribution is -1.92. The third kappa shape index (κ3) is 2.52. The number of ether oxygens (including phenoxy) is 1. The molecular weight excluding hydrogens is 182 g/mol. The predicted octanol–water partition coefficient (Wildman–Crippen LogP) is 1.38. The van der Waals surface area contributed by atoms with Gasteiger partial charge in [0.2, 0.25) is 0 Å². The number of hydrogen-bond acceptors (Lipinski definition) is 3. The number of benzene rings is 1. The van der Waals surface area contributed by atoms with Gasteiger partial charge in [-0.1, -0.05) is 6.07 Å². The van der Waals surface area contributed by atoms with Gasteiger partial charge in [-0.25, -0.2) is 4.79 Å². The number of methoxy groups -OCH3 is 1. The summed E-state index contributed by atoms with van der Waals surface area (Å²) < 4.78 is 4.99. The minimum Gasteiger partial charge on any atom is -0.495 e. The first kappa shape index (κ1) is 10.1. The maximum Gasteiger partial charge on any atom is 0.328 e. The number of carboxylic acids is 1. The van der Waals surface area contributed by atoms with Gasteiger partial charge < -0.3 is 15.6 Å². The first-order valence-electron chi connectivity index (χ1n) is 3.98. The van der Waals surface area contributed by atoms with Crippen LogP contribution in [0.3, 0.4) is 0 Å². The van der Waals surface area contributed by atoms with Gasteiger partial charge in [-0.15, -0.1) is 0 Å². The number of anilines is 1. The van der Waals surface area contributed by atoms with Crippen LogP contribution in [-0.2, 0) is 4.79 Å². The third-order valence-corrected chi connectivity index (χ3v) is 1.68. The second-order valence-corrected chi connectivity index (χ2v) is 2.67. The van der Waals surface area contributed by atoms with Crippen LogP contribution in [0, 0.1) is 0 Å². The molecule has 0 heterocycles. The number of hydrogen-bond donors (Lipinski definition) is 2. The Kier molecular flexibility index (Phi) is 3.12. The Morgan fingerprint density at radius 1 is 1.57 bits per heavy atom. The number of nitrogens with two attached hydrogens (primary N) is 1. The average Bonchev–Trinajstić information content (AvgIpc) is 2.16. The molecule has 0 aromatic heterocycles. The Labute approximate surface area is 81.6 Å². The second-order valence-electron chi connectivity index (χ2n) is 2.67. The molecule has 1 aromatic carbocycles. The molecule has 4 heteroatoms. The molecule has 0 atom stereocenters. The van der Waals surface area contributed by atoms with Crippen molar-refractivity contribution in [1.29, 1.82) is 0 Å². The van der Waals surface area contributed by atoms with Gasteiger partial charge in [0.25, 0.3) is 0 Å². The first-order valence-corrected chi connectivity index (χ1v) is 3.98. The molecule has 4 nitrogen and oxygen atoms in total. The van der Waals surface area contributed by atoms with Crippen molar-refractivity contribution in [3.63, 3.8) is 0 Å². The van der Waals surface area contributed by atoms with E-state index in [-0.39, 0.29) is 0 Å². The molecule has 3 N–H and O–H groups in total. The van der Waals surface area contributed by atoms with E-state index in [1.54, 1.807) is 18.2 Å². The molecule has 0 saturated carbocycles. The Balaban J connectivity index is 2.95. The van der Waals surface area contributed by atoms with Crippen LogP contribution >= 0.6 is 0 Å². The van der Waals surface area contributed by atoms with E-state index in [9.17, 15) is 4.79 Å². The third-order valence-electron chi connectivity index (χ3n) is 1.68. The molecule has 0 aliphatic rings. The van der Waals surface area contributed by atoms with E-state index in [4.69, 9.17) is 15.6 Å². The lowest BCUT2D eigenvalue weighted by atomic mass is 10.2. The molecule has 0 fully saturated rings. The van der Waals surface area contributed by atoms with E-state index in [1.807, 2.05) is 0 Å². The SMILES string of the molecule is COc1cc(/C=C\C(=O)O)ccc1N. The molecule has 0 spiro atoms. The Morgan fingerprint density at radius 2 is 2.29 bits per heavy atom. The zero-order valence-electron chi connectivity index (χ0n) is 7.73. The number of aliphatic carboxylic acids is 1. The number of rotatable bonds is 3. The molecule has 0 aliphatic heterocycles. The molecule has 1 rings (SSSR count). The fourth-order valence-electron chi connectivity index (χ4n) is 0.999. The smallest absolute Gasteiger partial charge is 0.328 e. The zero-order chi connectivity index (χ0) is 10.6. The molecule has 0 amide bonds. The topological polar surface area (TPSA) is 72.5 Å². The maximum atomic E-state index is 10.3. The molecule has 14 heavy (non-hydrogen) atoms. The van der Waals surface area contributed by atoms with Gasteiger partial charge in [-0.3, -0.25) is 0 Å². The summed E-state index contributed by atoms with van der Waals surface area (Å²) >= 11 is 0. The monoisotopic (exact) mass is 193 g/mol. The minimum atomic E-state index is -0.985. The van der Waals surface area contributed by atoms with Gasteiger partial charge in [0.05, 0.1) is 12.8 Å². The van der Waals surface area contributed by atoms with Crippen LogP contribution in [0.15, 0.2) is 24.3 Å². The molecule has 0 unspecified atom stereocenters. The van der Waals surface area contributed by atoms with Crippen LogP contribution in [0.25, 0.3) is 6.08 Å². The summed E-state index contributed by atoms with van der Waals surface area (Å²) in [5.41, 5.74) is 6.85. The van der Waals surface area contributed by atoms with Gasteiger partial charge in [-0.05, 0) is 23.8 Å². The van der Waals surface area contributed by atoms with Crippen LogP contribution in [0.2, 0.25) is 0 Å². The van der Waals surface area contributed by atoms with Crippen molar-refractivity contribution in [2.45, 2.75) is 0 Å². The van der Waals surface area contributed by atoms with Crippen LogP contribution < -0.4 is 10.5 Å². The summed E-state index contributed by atoms with van der Waals surface area (Å²) in [6.45, 7) is 0. The van der Waals surface area contributed by atoms with Crippen molar-refractivity contribution in [1.82, 2.24) is 0 Å². The summed E-state index contributed by atoms with van der Waals surface area (Å²) in [4.78, 5) is 10.3. The van der Waals surface area contributed by atoms with Gasteiger partial charge in [0.1, 0.15) is 5.75 Å². The molecule has 0 saturated heterocycles. The number of carboxylic acid groups (broad SMARTS) is 1. The van der Waals surface area contributed by atoms with Gasteiger partial charge in [-0.2, -0.15) is 0 Å². The normalized spacial score (nSPS) is 10.4. The summed E-state index contributed by atoms with van der Waals surface area (Å²) in [5, 5.41) is 8.41. The molecule has 74 valence electrons. The summed E-state index contributed by atoms with van der Waals surface area (Å²) in [5.74, 6) is -0.446. The van der Waals surface area contributed by atoms with Crippen molar-refractivity contribution >= 4 is 17.7 Å². The van der Waals surface area contributed by atoms with Gasteiger partial charge in [0.15, 0.2) is 0 Å². The van der Waals surface area contributed by atoms with Crippen LogP contribution in [0.5, 0.6) is 5.75 Å². The van der Waals surface area contributed by atoms with E-state index in [2.05, 4.69) is 0 Å². The fraction of sp³-hybridized carbons (Fsp3) is 0.100. The number of carbonyl (C=O) groups is 1. The summed E-state index contributed by atoms with van der Waals surface area (Å²) in [6.07, 6.45) is 2.54. The van der Waals surface area contributed by atoms with Crippen LogP contribution in [-0.4, -0.2) is 18.2 Å². The van der Waals surface area contributed by atoms with Crippen LogP contribution in [0.1, 0.15) is 5.56 Å². The Bertz CT molecular complexity index is 372. The Hall–Kier alpha value is -1.97. The van der Waals surface area contributed by atoms with E-state index in [0.717, 1.165) is 11.6 Å². The van der Waals surface area contributed by atoms with E-state index < -0.39 is 5.97 Å². The maximum absolute atomic E-state index is 10.3. The Morgan fingerprint density at radius 3 is 2.86 bits per heavy atom. The van der Waals surface area contributed by atoms with Gasteiger partial charge in [0, 0.05) is 6.08 Å². The van der Waals surface area contributed by atoms with Crippen molar-refractivity contribution < 1.29 is 14.6 Å². The van der Waals surface area contributed by atoms with E-state index in [0.29, 0.717) is 11.4 Å². The standard InChI is InChI=1S/C10H11NO3/c1-14-9-6-7(2-4-8(9)11)3-5-10(12)13/h2-6H,11H2,1H3,(H,12,13)/b5-3-. The highest BCUT2D eigenvalue weighted by Gasteiger charge is 1.98. The highest BCUT2D eigenvalue weighted by atomic mass is 16.5. The summed E-state index contributed by atoms with van der Waals surface area (Å²) in [7, 11) is 1.51. The predicted molar refractivity (Wildman–Crippen MR) is 54.1 cm³/mol. The zero-order valence-corrected chi connectivity index (χ0v) is 7.73. The highest BCUT2D eigenvalue weighted by molar-refractivity contribution is 5.85. The molecule has 0 bridgehead atoms. The first-order chi connectivity index (χ1) is 6.63.